The van der Waals surface area contributed by atoms with E-state index in [1.165, 1.54) is 99.0 Å². The fraction of sp³-hybridized carbons (Fsp3) is 0.0909. The highest BCUT2D eigenvalue weighted by Gasteiger charge is 2.16. The summed E-state index contributed by atoms with van der Waals surface area (Å²) in [4.78, 5) is 21.6. The summed E-state index contributed by atoms with van der Waals surface area (Å²) in [6, 6.07) is 19.7. The van der Waals surface area contributed by atoms with Gasteiger partial charge >= 0.3 is 11.9 Å². The van der Waals surface area contributed by atoms with Crippen molar-refractivity contribution in [2.75, 3.05) is 16.6 Å². The summed E-state index contributed by atoms with van der Waals surface area (Å²) in [5.41, 5.74) is 2.14. The topological polar surface area (TPSA) is 156 Å². The molecule has 0 aliphatic carbocycles. The van der Waals surface area contributed by atoms with E-state index in [9.17, 15) is 35.2 Å². The molecule has 10 nitrogen and oxygen atoms in total. The molecular formula is C33H30F2N2O8S2. The van der Waals surface area contributed by atoms with E-state index in [2.05, 4.69) is 14.2 Å². The predicted octanol–water partition coefficient (Wildman–Crippen LogP) is 6.15. The number of hydrogen-bond acceptors (Lipinski definition) is 7. The third-order valence-electron chi connectivity index (χ3n) is 6.19. The highest BCUT2D eigenvalue weighted by atomic mass is 32.2. The number of carbonyl (C=O) groups excluding carboxylic acids is 1. The molecule has 47 heavy (non-hydrogen) atoms. The number of carbonyl (C=O) groups is 2. The lowest BCUT2D eigenvalue weighted by atomic mass is 10.2. The van der Waals surface area contributed by atoms with Crippen molar-refractivity contribution in [1.29, 1.82) is 0 Å². The molecule has 0 aliphatic heterocycles. The zero-order valence-corrected chi connectivity index (χ0v) is 26.9. The summed E-state index contributed by atoms with van der Waals surface area (Å²) in [5, 5.41) is 8.60. The first kappa shape index (κ1) is 36.1. The second-order valence-corrected chi connectivity index (χ2v) is 13.2. The number of halogens is 2. The van der Waals surface area contributed by atoms with Gasteiger partial charge in [0.1, 0.15) is 11.6 Å². The number of benzene rings is 4. The number of aliphatic carboxylic acids is 1. The first-order valence-corrected chi connectivity index (χ1v) is 16.5. The molecule has 0 aromatic heterocycles. The second kappa shape index (κ2) is 15.8. The molecule has 4 rings (SSSR count). The Balaban J connectivity index is 0.000000256. The maximum absolute atomic E-state index is 13.3. The number of hydrogen-bond donors (Lipinski definition) is 3. The van der Waals surface area contributed by atoms with Gasteiger partial charge in [-0.15, -0.1) is 0 Å². The van der Waals surface area contributed by atoms with Gasteiger partial charge in [0.15, 0.2) is 0 Å². The van der Waals surface area contributed by atoms with E-state index in [1.54, 1.807) is 25.1 Å². The molecule has 0 saturated carbocycles. The van der Waals surface area contributed by atoms with Gasteiger partial charge in [-0.25, -0.2) is 35.2 Å². The van der Waals surface area contributed by atoms with Crippen molar-refractivity contribution >= 4 is 55.5 Å². The highest BCUT2D eigenvalue weighted by molar-refractivity contribution is 7.93. The second-order valence-electron chi connectivity index (χ2n) is 9.81. The van der Waals surface area contributed by atoms with Gasteiger partial charge in [0, 0.05) is 23.5 Å². The Hall–Kier alpha value is -5.34. The van der Waals surface area contributed by atoms with Crippen molar-refractivity contribution in [3.63, 3.8) is 0 Å². The van der Waals surface area contributed by atoms with Gasteiger partial charge in [0.2, 0.25) is 0 Å². The fourth-order valence-electron chi connectivity index (χ4n) is 3.82. The van der Waals surface area contributed by atoms with Crippen LogP contribution in [0.15, 0.2) is 107 Å². The Morgan fingerprint density at radius 3 is 1.49 bits per heavy atom. The minimum absolute atomic E-state index is 0.0213. The predicted molar refractivity (Wildman–Crippen MR) is 174 cm³/mol. The minimum Gasteiger partial charge on any atom is -0.478 e. The van der Waals surface area contributed by atoms with E-state index in [-0.39, 0.29) is 21.2 Å². The first-order chi connectivity index (χ1) is 22.1. The molecule has 0 atom stereocenters. The molecule has 0 heterocycles. The van der Waals surface area contributed by atoms with Crippen LogP contribution in [0.3, 0.4) is 0 Å². The van der Waals surface area contributed by atoms with Crippen LogP contribution in [0.2, 0.25) is 0 Å². The molecule has 0 unspecified atom stereocenters. The van der Waals surface area contributed by atoms with E-state index >= 15 is 0 Å². The zero-order chi connectivity index (χ0) is 34.8. The molecule has 0 radical (unpaired) electrons. The molecule has 0 aliphatic rings. The van der Waals surface area contributed by atoms with Gasteiger partial charge in [0.25, 0.3) is 20.0 Å². The number of ether oxygens (including phenoxy) is 1. The van der Waals surface area contributed by atoms with E-state index < -0.39 is 43.6 Å². The fourth-order valence-corrected chi connectivity index (χ4v) is 6.02. The Morgan fingerprint density at radius 1 is 0.681 bits per heavy atom. The molecule has 4 aromatic rings. The molecule has 0 spiro atoms. The molecule has 14 heteroatoms. The molecule has 3 N–H and O–H groups in total. The van der Waals surface area contributed by atoms with Crippen LogP contribution in [-0.2, 0) is 34.4 Å². The van der Waals surface area contributed by atoms with Gasteiger partial charge < -0.3 is 9.84 Å². The number of sulfonamides is 2. The first-order valence-electron chi connectivity index (χ1n) is 13.5. The van der Waals surface area contributed by atoms with Crippen molar-refractivity contribution in [2.45, 2.75) is 23.6 Å². The Kier molecular flexibility index (Phi) is 12.1. The Labute approximate surface area is 271 Å². The van der Waals surface area contributed by atoms with Crippen LogP contribution in [0.4, 0.5) is 20.2 Å². The normalized spacial score (nSPS) is 11.5. The van der Waals surface area contributed by atoms with Crippen molar-refractivity contribution in [3.05, 3.63) is 131 Å². The van der Waals surface area contributed by atoms with Gasteiger partial charge in [-0.1, -0.05) is 24.3 Å². The maximum atomic E-state index is 13.3. The molecular weight excluding hydrogens is 654 g/mol. The summed E-state index contributed by atoms with van der Waals surface area (Å²) < 4.78 is 85.3. The smallest absolute Gasteiger partial charge is 0.330 e. The summed E-state index contributed by atoms with van der Waals surface area (Å²) in [6.07, 6.45) is 4.86. The van der Waals surface area contributed by atoms with Crippen molar-refractivity contribution in [3.8, 4) is 0 Å². The lowest BCUT2D eigenvalue weighted by Crippen LogP contribution is -2.13. The SMILES string of the molecule is COC(=O)/C=C/c1cccc(S(=O)(=O)Nc2ccc(F)c(C)c2)c1.Cc1cc(NS(=O)(=O)c2cccc(/C=C/C(=O)O)c2)ccc1F. The summed E-state index contributed by atoms with van der Waals surface area (Å²) in [6.45, 7) is 3.08. The molecule has 0 saturated heterocycles. The number of esters is 1. The Morgan fingerprint density at radius 2 is 1.11 bits per heavy atom. The van der Waals surface area contributed by atoms with Crippen LogP contribution >= 0.6 is 0 Å². The van der Waals surface area contributed by atoms with Crippen LogP contribution in [0.1, 0.15) is 22.3 Å². The summed E-state index contributed by atoms with van der Waals surface area (Å²) in [7, 11) is -6.44. The molecule has 0 bridgehead atoms. The molecule has 0 fully saturated rings. The Bertz CT molecular complexity index is 2060. The van der Waals surface area contributed by atoms with E-state index in [1.807, 2.05) is 0 Å². The van der Waals surface area contributed by atoms with Crippen molar-refractivity contribution < 1.29 is 45.0 Å². The number of nitrogens with one attached hydrogen (secondary N) is 2. The number of rotatable bonds is 10. The minimum atomic E-state index is -3.86. The van der Waals surface area contributed by atoms with Gasteiger partial charge in [-0.05, 0) is 109 Å². The van der Waals surface area contributed by atoms with E-state index in [0.29, 0.717) is 22.3 Å². The summed E-state index contributed by atoms with van der Waals surface area (Å²) >= 11 is 0. The summed E-state index contributed by atoms with van der Waals surface area (Å²) in [5.74, 6) is -2.50. The van der Waals surface area contributed by atoms with Crippen LogP contribution < -0.4 is 9.44 Å². The molecule has 4 aromatic carbocycles. The number of carboxylic acid groups (broad SMARTS) is 1. The quantitative estimate of drug-likeness (QED) is 0.133. The monoisotopic (exact) mass is 684 g/mol. The highest BCUT2D eigenvalue weighted by Crippen LogP contribution is 2.21. The van der Waals surface area contributed by atoms with Crippen LogP contribution in [0.5, 0.6) is 0 Å². The standard InChI is InChI=1S/C17H16FNO4S.C16H14FNO4S/c1-12-10-14(7-8-16(12)18)19-24(21,22)15-5-3-4-13(11-15)6-9-17(20)23-2;1-11-9-13(6-7-15(11)17)18-23(21,22)14-4-2-3-12(10-14)5-8-16(19)20/h3-11,19H,1-2H3;2-10,18H,1H3,(H,19,20)/b9-6+;8-5+. The number of methoxy groups -OCH3 is 1. The zero-order valence-electron chi connectivity index (χ0n) is 25.3. The third kappa shape index (κ3) is 10.9. The van der Waals surface area contributed by atoms with E-state index in [4.69, 9.17) is 5.11 Å². The van der Waals surface area contributed by atoms with Crippen molar-refractivity contribution in [2.24, 2.45) is 0 Å². The maximum Gasteiger partial charge on any atom is 0.330 e. The molecule has 0 amide bonds. The number of carboxylic acids is 1. The van der Waals surface area contributed by atoms with E-state index in [0.717, 1.165) is 6.08 Å². The number of anilines is 2. The largest absolute Gasteiger partial charge is 0.478 e. The third-order valence-corrected chi connectivity index (χ3v) is 8.95. The number of aryl methyl sites for hydroxylation is 2. The van der Waals surface area contributed by atoms with Gasteiger partial charge in [-0.3, -0.25) is 9.44 Å². The van der Waals surface area contributed by atoms with Crippen LogP contribution in [0, 0.1) is 25.5 Å². The lowest BCUT2D eigenvalue weighted by Gasteiger charge is -2.09. The van der Waals surface area contributed by atoms with Crippen LogP contribution in [-0.4, -0.2) is 41.0 Å². The average molecular weight is 685 g/mol. The van der Waals surface area contributed by atoms with Crippen LogP contribution in [0.25, 0.3) is 12.2 Å². The lowest BCUT2D eigenvalue weighted by molar-refractivity contribution is -0.135. The average Bonchev–Trinajstić information content (AvgIpc) is 3.03. The van der Waals surface area contributed by atoms with Crippen molar-refractivity contribution in [1.82, 2.24) is 0 Å². The van der Waals surface area contributed by atoms with Gasteiger partial charge in [0.05, 0.1) is 16.9 Å². The molecule has 246 valence electrons. The van der Waals surface area contributed by atoms with Gasteiger partial charge in [-0.2, -0.15) is 0 Å².